The van der Waals surface area contributed by atoms with Crippen LogP contribution in [-0.4, -0.2) is 20.8 Å². The van der Waals surface area contributed by atoms with Gasteiger partial charge in [0.25, 0.3) is 0 Å². The van der Waals surface area contributed by atoms with E-state index < -0.39 is 5.67 Å². The first kappa shape index (κ1) is 12.8. The first-order valence-electron chi connectivity index (χ1n) is 5.22. The minimum absolute atomic E-state index is 0.0764. The van der Waals surface area contributed by atoms with Gasteiger partial charge in [0, 0.05) is 12.1 Å². The van der Waals surface area contributed by atoms with Gasteiger partial charge in [0.15, 0.2) is 5.67 Å². The fraction of sp³-hybridized carbons (Fsp3) is 0.500. The number of rotatable bonds is 5. The number of hydrogen-bond acceptors (Lipinski definition) is 3. The van der Waals surface area contributed by atoms with Crippen molar-refractivity contribution in [2.24, 2.45) is 5.73 Å². The molecule has 0 aromatic heterocycles. The molecule has 0 fully saturated rings. The van der Waals surface area contributed by atoms with Crippen molar-refractivity contribution in [3.05, 3.63) is 23.8 Å². The lowest BCUT2D eigenvalue weighted by molar-refractivity contribution is 0.163. The first-order chi connectivity index (χ1) is 7.61. The molecule has 1 aromatic carbocycles. The van der Waals surface area contributed by atoms with E-state index in [1.165, 1.54) is 7.11 Å². The third kappa shape index (κ3) is 2.27. The summed E-state index contributed by atoms with van der Waals surface area (Å²) in [5.74, 6) is 1.09. The minimum atomic E-state index is -1.57. The smallest absolute Gasteiger partial charge is 0.151 e. The summed E-state index contributed by atoms with van der Waals surface area (Å²) in [7, 11) is 3.05. The molecule has 0 aliphatic carbocycles. The maximum Gasteiger partial charge on any atom is 0.151 e. The lowest BCUT2D eigenvalue weighted by Gasteiger charge is -2.24. The number of methoxy groups -OCH3 is 2. The Balaban J connectivity index is 3.27. The van der Waals surface area contributed by atoms with Crippen molar-refractivity contribution in [1.29, 1.82) is 0 Å². The van der Waals surface area contributed by atoms with Gasteiger partial charge in [-0.2, -0.15) is 0 Å². The molecule has 90 valence electrons. The largest absolute Gasteiger partial charge is 0.497 e. The first-order valence-corrected chi connectivity index (χ1v) is 5.22. The number of nitrogens with two attached hydrogens (primary N) is 1. The van der Waals surface area contributed by atoms with Crippen molar-refractivity contribution in [3.8, 4) is 11.5 Å². The summed E-state index contributed by atoms with van der Waals surface area (Å²) < 4.78 is 24.7. The highest BCUT2D eigenvalue weighted by Crippen LogP contribution is 2.37. The van der Waals surface area contributed by atoms with Crippen LogP contribution < -0.4 is 15.2 Å². The molecule has 0 radical (unpaired) electrons. The number of alkyl halides is 1. The van der Waals surface area contributed by atoms with Crippen LogP contribution in [0.3, 0.4) is 0 Å². The SMILES string of the molecule is CCC(F)(CN)c1cc(OC)ccc1OC. The number of hydrogen-bond donors (Lipinski definition) is 1. The van der Waals surface area contributed by atoms with Crippen molar-refractivity contribution in [1.82, 2.24) is 0 Å². The summed E-state index contributed by atoms with van der Waals surface area (Å²) in [5, 5.41) is 0. The summed E-state index contributed by atoms with van der Waals surface area (Å²) in [4.78, 5) is 0. The average molecular weight is 227 g/mol. The summed E-state index contributed by atoms with van der Waals surface area (Å²) in [6.45, 7) is 1.68. The molecule has 0 aliphatic heterocycles. The fourth-order valence-corrected chi connectivity index (χ4v) is 1.61. The Hall–Kier alpha value is -1.29. The van der Waals surface area contributed by atoms with Crippen LogP contribution in [0.1, 0.15) is 18.9 Å². The monoisotopic (exact) mass is 227 g/mol. The van der Waals surface area contributed by atoms with Gasteiger partial charge in [0.2, 0.25) is 0 Å². The maximum atomic E-state index is 14.5. The molecular formula is C12H18FNO2. The molecule has 1 atom stereocenters. The quantitative estimate of drug-likeness (QED) is 0.839. The van der Waals surface area contributed by atoms with Gasteiger partial charge in [0.05, 0.1) is 14.2 Å². The van der Waals surface area contributed by atoms with Crippen molar-refractivity contribution >= 4 is 0 Å². The molecule has 2 N–H and O–H groups in total. The molecule has 4 heteroatoms. The van der Waals surface area contributed by atoms with E-state index >= 15 is 0 Å². The minimum Gasteiger partial charge on any atom is -0.497 e. The number of benzene rings is 1. The Morgan fingerprint density at radius 3 is 2.44 bits per heavy atom. The molecule has 0 heterocycles. The summed E-state index contributed by atoms with van der Waals surface area (Å²) in [5.41, 5.74) is 4.37. The number of ether oxygens (including phenoxy) is 2. The highest BCUT2D eigenvalue weighted by molar-refractivity contribution is 5.44. The van der Waals surface area contributed by atoms with Crippen LogP contribution in [0.15, 0.2) is 18.2 Å². The van der Waals surface area contributed by atoms with Gasteiger partial charge in [-0.15, -0.1) is 0 Å². The molecule has 3 nitrogen and oxygen atoms in total. The maximum absolute atomic E-state index is 14.5. The van der Waals surface area contributed by atoms with Crippen molar-refractivity contribution < 1.29 is 13.9 Å². The molecule has 0 aliphatic rings. The van der Waals surface area contributed by atoms with E-state index in [1.807, 2.05) is 0 Å². The third-order valence-corrected chi connectivity index (χ3v) is 2.77. The molecule has 0 amide bonds. The summed E-state index contributed by atoms with van der Waals surface area (Å²) in [6.07, 6.45) is 0.299. The molecule has 0 saturated carbocycles. The second-order valence-corrected chi connectivity index (χ2v) is 3.59. The van der Waals surface area contributed by atoms with E-state index in [-0.39, 0.29) is 6.54 Å². The van der Waals surface area contributed by atoms with Crippen LogP contribution >= 0.6 is 0 Å². The average Bonchev–Trinajstić information content (AvgIpc) is 2.37. The molecule has 16 heavy (non-hydrogen) atoms. The molecule has 0 saturated heterocycles. The second-order valence-electron chi connectivity index (χ2n) is 3.59. The predicted octanol–water partition coefficient (Wildman–Crippen LogP) is 2.24. The molecular weight excluding hydrogens is 209 g/mol. The third-order valence-electron chi connectivity index (χ3n) is 2.77. The Morgan fingerprint density at radius 2 is 2.00 bits per heavy atom. The lowest BCUT2D eigenvalue weighted by Crippen LogP contribution is -2.30. The van der Waals surface area contributed by atoms with Crippen LogP contribution in [0.2, 0.25) is 0 Å². The zero-order valence-corrected chi connectivity index (χ0v) is 9.92. The van der Waals surface area contributed by atoms with Crippen LogP contribution in [0.5, 0.6) is 11.5 Å². The van der Waals surface area contributed by atoms with Gasteiger partial charge in [0.1, 0.15) is 11.5 Å². The van der Waals surface area contributed by atoms with Crippen LogP contribution in [0, 0.1) is 0 Å². The normalized spacial score (nSPS) is 14.3. The van der Waals surface area contributed by atoms with Crippen molar-refractivity contribution in [2.75, 3.05) is 20.8 Å². The Labute approximate surface area is 95.4 Å². The number of halogens is 1. The van der Waals surface area contributed by atoms with Gasteiger partial charge in [-0.1, -0.05) is 6.92 Å². The van der Waals surface area contributed by atoms with E-state index in [0.717, 1.165) is 0 Å². The van der Waals surface area contributed by atoms with Crippen molar-refractivity contribution in [2.45, 2.75) is 19.0 Å². The second kappa shape index (κ2) is 5.16. The van der Waals surface area contributed by atoms with E-state index in [1.54, 1.807) is 32.2 Å². The highest BCUT2D eigenvalue weighted by Gasteiger charge is 2.31. The van der Waals surface area contributed by atoms with E-state index in [2.05, 4.69) is 0 Å². The molecule has 1 rings (SSSR count). The van der Waals surface area contributed by atoms with Crippen LogP contribution in [-0.2, 0) is 5.67 Å². The predicted molar refractivity (Wildman–Crippen MR) is 61.7 cm³/mol. The Bertz CT molecular complexity index is 351. The fourth-order valence-electron chi connectivity index (χ4n) is 1.61. The van der Waals surface area contributed by atoms with Crippen LogP contribution in [0.25, 0.3) is 0 Å². The van der Waals surface area contributed by atoms with E-state index in [0.29, 0.717) is 23.5 Å². The van der Waals surface area contributed by atoms with E-state index in [4.69, 9.17) is 15.2 Å². The standard InChI is InChI=1S/C12H18FNO2/c1-4-12(13,8-14)10-7-9(15-2)5-6-11(10)16-3/h5-7H,4,8,14H2,1-3H3. The van der Waals surface area contributed by atoms with Gasteiger partial charge >= 0.3 is 0 Å². The summed E-state index contributed by atoms with van der Waals surface area (Å²) >= 11 is 0. The lowest BCUT2D eigenvalue weighted by atomic mass is 9.92. The van der Waals surface area contributed by atoms with E-state index in [9.17, 15) is 4.39 Å². The Morgan fingerprint density at radius 1 is 1.31 bits per heavy atom. The zero-order valence-electron chi connectivity index (χ0n) is 9.92. The molecule has 0 bridgehead atoms. The zero-order chi connectivity index (χ0) is 12.2. The van der Waals surface area contributed by atoms with Crippen molar-refractivity contribution in [3.63, 3.8) is 0 Å². The topological polar surface area (TPSA) is 44.5 Å². The van der Waals surface area contributed by atoms with Gasteiger partial charge in [-0.05, 0) is 24.6 Å². The summed E-state index contributed by atoms with van der Waals surface area (Å²) in [6, 6.07) is 5.05. The highest BCUT2D eigenvalue weighted by atomic mass is 19.1. The Kier molecular flexibility index (Phi) is 4.12. The molecule has 0 spiro atoms. The van der Waals surface area contributed by atoms with Gasteiger partial charge in [-0.3, -0.25) is 0 Å². The molecule has 1 unspecified atom stereocenters. The van der Waals surface area contributed by atoms with Crippen LogP contribution in [0.4, 0.5) is 4.39 Å². The van der Waals surface area contributed by atoms with Gasteiger partial charge < -0.3 is 15.2 Å². The van der Waals surface area contributed by atoms with Gasteiger partial charge in [-0.25, -0.2) is 4.39 Å². The molecule has 1 aromatic rings.